The quantitative estimate of drug-likeness (QED) is 0.600. The Morgan fingerprint density at radius 2 is 1.77 bits per heavy atom. The number of likely N-dealkylation sites (tertiary alicyclic amines) is 1. The molecule has 1 aliphatic rings. The van der Waals surface area contributed by atoms with Gasteiger partial charge >= 0.3 is 0 Å². The maximum Gasteiger partial charge on any atom is 0.123 e. The van der Waals surface area contributed by atoms with Crippen molar-refractivity contribution in [2.45, 2.75) is 39.3 Å². The summed E-state index contributed by atoms with van der Waals surface area (Å²) in [6.07, 6.45) is 5.31. The largest absolute Gasteiger partial charge is 0.328 e. The van der Waals surface area contributed by atoms with Gasteiger partial charge in [-0.15, -0.1) is 0 Å². The van der Waals surface area contributed by atoms with Crippen LogP contribution >= 0.6 is 0 Å². The molecule has 0 spiro atoms. The van der Waals surface area contributed by atoms with Crippen molar-refractivity contribution in [2.75, 3.05) is 13.1 Å². The van der Waals surface area contributed by atoms with Gasteiger partial charge in [0.25, 0.3) is 0 Å². The van der Waals surface area contributed by atoms with Gasteiger partial charge in [-0.1, -0.05) is 24.3 Å². The maximum absolute atomic E-state index is 13.2. The molecule has 2 heterocycles. The highest BCUT2D eigenvalue weighted by Crippen LogP contribution is 2.23. The van der Waals surface area contributed by atoms with Crippen LogP contribution in [0, 0.1) is 30.0 Å². The van der Waals surface area contributed by atoms with Crippen molar-refractivity contribution in [3.63, 3.8) is 0 Å². The molecule has 0 N–H and O–H groups in total. The lowest BCUT2D eigenvalue weighted by Crippen LogP contribution is -2.36. The van der Waals surface area contributed by atoms with Crippen LogP contribution in [0.1, 0.15) is 41.1 Å². The number of benzene rings is 2. The molecule has 1 atom stereocenters. The van der Waals surface area contributed by atoms with Gasteiger partial charge in [0.15, 0.2) is 0 Å². The van der Waals surface area contributed by atoms with Gasteiger partial charge in [0, 0.05) is 37.9 Å². The SMILES string of the molecule is Cc1cnc(CC2CCCN(Cc3ccc(C#N)cc3)C2)n1Cc1ccc(F)cc1. The van der Waals surface area contributed by atoms with Crippen LogP contribution < -0.4 is 0 Å². The van der Waals surface area contributed by atoms with E-state index in [1.54, 1.807) is 0 Å². The van der Waals surface area contributed by atoms with Gasteiger partial charge in [-0.25, -0.2) is 9.37 Å². The van der Waals surface area contributed by atoms with Crippen LogP contribution in [0.5, 0.6) is 0 Å². The Morgan fingerprint density at radius 1 is 1.07 bits per heavy atom. The number of hydrogen-bond acceptors (Lipinski definition) is 3. The molecule has 1 aromatic heterocycles. The van der Waals surface area contributed by atoms with Gasteiger partial charge < -0.3 is 4.57 Å². The van der Waals surface area contributed by atoms with Crippen molar-refractivity contribution in [3.05, 3.63) is 88.8 Å². The van der Waals surface area contributed by atoms with Crippen molar-refractivity contribution in [2.24, 2.45) is 5.92 Å². The number of nitriles is 1. The van der Waals surface area contributed by atoms with Crippen molar-refractivity contribution < 1.29 is 4.39 Å². The molecular formula is C25H27FN4. The minimum Gasteiger partial charge on any atom is -0.328 e. The van der Waals surface area contributed by atoms with Crippen LogP contribution in [0.4, 0.5) is 4.39 Å². The zero-order valence-corrected chi connectivity index (χ0v) is 17.4. The number of aryl methyl sites for hydroxylation is 1. The minimum atomic E-state index is -0.203. The molecule has 0 aliphatic carbocycles. The Bertz CT molecular complexity index is 1010. The first kappa shape index (κ1) is 20.3. The second-order valence-electron chi connectivity index (χ2n) is 8.28. The summed E-state index contributed by atoms with van der Waals surface area (Å²) in [5.41, 5.74) is 4.19. The maximum atomic E-state index is 13.2. The van der Waals surface area contributed by atoms with Gasteiger partial charge in [-0.3, -0.25) is 4.90 Å². The first-order valence-corrected chi connectivity index (χ1v) is 10.6. The number of imidazole rings is 1. The summed E-state index contributed by atoms with van der Waals surface area (Å²) in [5.74, 6) is 1.49. The van der Waals surface area contributed by atoms with Gasteiger partial charge in [-0.2, -0.15) is 5.26 Å². The number of rotatable bonds is 6. The molecule has 30 heavy (non-hydrogen) atoms. The number of hydrogen-bond donors (Lipinski definition) is 0. The Balaban J connectivity index is 1.40. The van der Waals surface area contributed by atoms with E-state index < -0.39 is 0 Å². The topological polar surface area (TPSA) is 44.9 Å². The molecule has 0 amide bonds. The molecule has 4 rings (SSSR count). The van der Waals surface area contributed by atoms with E-state index in [0.29, 0.717) is 11.5 Å². The zero-order valence-electron chi connectivity index (χ0n) is 17.4. The summed E-state index contributed by atoms with van der Waals surface area (Å²) >= 11 is 0. The van der Waals surface area contributed by atoms with E-state index in [1.165, 1.54) is 30.5 Å². The Morgan fingerprint density at radius 3 is 2.50 bits per heavy atom. The molecule has 4 nitrogen and oxygen atoms in total. The molecule has 3 aromatic rings. The van der Waals surface area contributed by atoms with Crippen LogP contribution in [-0.4, -0.2) is 27.5 Å². The predicted molar refractivity (Wildman–Crippen MR) is 115 cm³/mol. The fourth-order valence-corrected chi connectivity index (χ4v) is 4.32. The number of halogens is 1. The van der Waals surface area contributed by atoms with E-state index in [0.717, 1.165) is 49.7 Å². The highest BCUT2D eigenvalue weighted by atomic mass is 19.1. The van der Waals surface area contributed by atoms with E-state index in [4.69, 9.17) is 10.2 Å². The third-order valence-corrected chi connectivity index (χ3v) is 5.96. The van der Waals surface area contributed by atoms with E-state index in [1.807, 2.05) is 30.5 Å². The average molecular weight is 403 g/mol. The molecule has 5 heteroatoms. The monoisotopic (exact) mass is 402 g/mol. The Kier molecular flexibility index (Phi) is 6.25. The summed E-state index contributed by atoms with van der Waals surface area (Å²) < 4.78 is 15.5. The van der Waals surface area contributed by atoms with Crippen LogP contribution in [-0.2, 0) is 19.5 Å². The zero-order chi connectivity index (χ0) is 20.9. The standard InChI is InChI=1S/C25H27FN4/c1-19-15-28-25(30(19)18-22-8-10-24(26)11-9-22)13-23-3-2-12-29(17-23)16-21-6-4-20(14-27)5-7-21/h4-11,15,23H,2-3,12-13,16-18H2,1H3. The van der Waals surface area contributed by atoms with Crippen LogP contribution in [0.3, 0.4) is 0 Å². The third kappa shape index (κ3) is 4.95. The normalized spacial score (nSPS) is 17.0. The predicted octanol–water partition coefficient (Wildman–Crippen LogP) is 4.71. The van der Waals surface area contributed by atoms with Crippen LogP contribution in [0.2, 0.25) is 0 Å². The Labute approximate surface area is 177 Å². The fraction of sp³-hybridized carbons (Fsp3) is 0.360. The third-order valence-electron chi connectivity index (χ3n) is 5.96. The summed E-state index contributed by atoms with van der Waals surface area (Å²) in [5, 5.41) is 8.97. The lowest BCUT2D eigenvalue weighted by Gasteiger charge is -2.32. The van der Waals surface area contributed by atoms with E-state index in [9.17, 15) is 4.39 Å². The van der Waals surface area contributed by atoms with Crippen molar-refractivity contribution in [1.29, 1.82) is 5.26 Å². The molecule has 1 unspecified atom stereocenters. The highest BCUT2D eigenvalue weighted by molar-refractivity contribution is 5.31. The molecule has 1 aliphatic heterocycles. The van der Waals surface area contributed by atoms with Crippen molar-refractivity contribution in [1.82, 2.24) is 14.5 Å². The number of aromatic nitrogens is 2. The molecule has 0 radical (unpaired) electrons. The minimum absolute atomic E-state index is 0.203. The summed E-state index contributed by atoms with van der Waals surface area (Å²) in [7, 11) is 0. The van der Waals surface area contributed by atoms with E-state index >= 15 is 0 Å². The average Bonchev–Trinajstić information content (AvgIpc) is 3.10. The van der Waals surface area contributed by atoms with E-state index in [2.05, 4.69) is 34.6 Å². The summed E-state index contributed by atoms with van der Waals surface area (Å²) in [4.78, 5) is 7.20. The summed E-state index contributed by atoms with van der Waals surface area (Å²) in [6, 6.07) is 16.8. The van der Waals surface area contributed by atoms with Crippen LogP contribution in [0.15, 0.2) is 54.7 Å². The molecule has 1 fully saturated rings. The number of nitrogens with zero attached hydrogens (tertiary/aromatic N) is 4. The van der Waals surface area contributed by atoms with Gasteiger partial charge in [0.1, 0.15) is 11.6 Å². The van der Waals surface area contributed by atoms with Gasteiger partial charge in [-0.05, 0) is 67.6 Å². The van der Waals surface area contributed by atoms with Crippen molar-refractivity contribution >= 4 is 0 Å². The van der Waals surface area contributed by atoms with Gasteiger partial charge in [0.2, 0.25) is 0 Å². The smallest absolute Gasteiger partial charge is 0.123 e. The molecule has 2 aromatic carbocycles. The highest BCUT2D eigenvalue weighted by Gasteiger charge is 2.22. The fourth-order valence-electron chi connectivity index (χ4n) is 4.32. The van der Waals surface area contributed by atoms with Gasteiger partial charge in [0.05, 0.1) is 11.6 Å². The number of piperidine rings is 1. The lowest BCUT2D eigenvalue weighted by atomic mass is 9.94. The van der Waals surface area contributed by atoms with E-state index in [-0.39, 0.29) is 5.82 Å². The molecule has 0 saturated carbocycles. The van der Waals surface area contributed by atoms with Crippen molar-refractivity contribution in [3.8, 4) is 6.07 Å². The Hall–Kier alpha value is -2.97. The summed E-state index contributed by atoms with van der Waals surface area (Å²) in [6.45, 7) is 5.90. The van der Waals surface area contributed by atoms with Crippen LogP contribution in [0.25, 0.3) is 0 Å². The second-order valence-corrected chi connectivity index (χ2v) is 8.28. The lowest BCUT2D eigenvalue weighted by molar-refractivity contribution is 0.165. The molecular weight excluding hydrogens is 375 g/mol. The first-order chi connectivity index (χ1) is 14.6. The molecule has 154 valence electrons. The first-order valence-electron chi connectivity index (χ1n) is 10.6. The molecule has 0 bridgehead atoms. The second kappa shape index (κ2) is 9.23. The molecule has 1 saturated heterocycles.